The molecule has 152 valence electrons. The van der Waals surface area contributed by atoms with E-state index in [1.54, 1.807) is 6.07 Å². The average Bonchev–Trinajstić information content (AvgIpc) is 3.35. The van der Waals surface area contributed by atoms with Gasteiger partial charge in [0.25, 0.3) is 0 Å². The lowest BCUT2D eigenvalue weighted by Crippen LogP contribution is -2.43. The maximum Gasteiger partial charge on any atom is 0.246 e. The number of benzene rings is 2. The number of sulfonamides is 1. The SMILES string of the molecule is COc1cccc2sc(NC(=O)C3CCCN3S(=O)(=O)c3ccccc3F)nc12. The monoisotopic (exact) mass is 435 g/mol. The second kappa shape index (κ2) is 7.69. The summed E-state index contributed by atoms with van der Waals surface area (Å²) in [6.07, 6.45) is 0.868. The number of hydrogen-bond donors (Lipinski definition) is 1. The third-order valence-corrected chi connectivity index (χ3v) is 7.64. The Hall–Kier alpha value is -2.56. The van der Waals surface area contributed by atoms with E-state index in [1.165, 1.54) is 36.6 Å². The van der Waals surface area contributed by atoms with Crippen LogP contribution >= 0.6 is 11.3 Å². The summed E-state index contributed by atoms with van der Waals surface area (Å²) in [4.78, 5) is 16.8. The fourth-order valence-electron chi connectivity index (χ4n) is 3.40. The molecule has 3 aromatic rings. The predicted molar refractivity (Wildman–Crippen MR) is 108 cm³/mol. The van der Waals surface area contributed by atoms with E-state index in [9.17, 15) is 17.6 Å². The van der Waals surface area contributed by atoms with Crippen molar-refractivity contribution < 1.29 is 22.3 Å². The number of methoxy groups -OCH3 is 1. The number of nitrogens with zero attached hydrogens (tertiary/aromatic N) is 2. The van der Waals surface area contributed by atoms with E-state index in [2.05, 4.69) is 10.3 Å². The zero-order valence-corrected chi connectivity index (χ0v) is 17.1. The van der Waals surface area contributed by atoms with Gasteiger partial charge in [0.05, 0.1) is 11.8 Å². The molecule has 1 saturated heterocycles. The number of hydrogen-bond acceptors (Lipinski definition) is 6. The third kappa shape index (κ3) is 3.59. The van der Waals surface area contributed by atoms with Crippen molar-refractivity contribution in [2.75, 3.05) is 19.0 Å². The molecule has 7 nitrogen and oxygen atoms in total. The van der Waals surface area contributed by atoms with Crippen molar-refractivity contribution in [2.45, 2.75) is 23.8 Å². The minimum atomic E-state index is -4.13. The first-order valence-electron chi connectivity index (χ1n) is 8.92. The standard InChI is InChI=1S/C19H18FN3O4S2/c1-27-14-8-4-9-15-17(14)21-19(28-15)22-18(24)13-7-5-11-23(13)29(25,26)16-10-3-2-6-12(16)20/h2-4,6,8-10,13H,5,7,11H2,1H3,(H,21,22,24). The molecule has 0 saturated carbocycles. The normalized spacial score (nSPS) is 17.5. The van der Waals surface area contributed by atoms with Crippen LogP contribution in [0.2, 0.25) is 0 Å². The van der Waals surface area contributed by atoms with Gasteiger partial charge >= 0.3 is 0 Å². The van der Waals surface area contributed by atoms with E-state index in [1.807, 2.05) is 12.1 Å². The summed E-state index contributed by atoms with van der Waals surface area (Å²) in [5.41, 5.74) is 0.623. The highest BCUT2D eigenvalue weighted by Gasteiger charge is 2.40. The molecule has 1 fully saturated rings. The molecule has 1 atom stereocenters. The summed E-state index contributed by atoms with van der Waals surface area (Å²) in [7, 11) is -2.59. The van der Waals surface area contributed by atoms with Crippen LogP contribution in [0.1, 0.15) is 12.8 Å². The average molecular weight is 436 g/mol. The summed E-state index contributed by atoms with van der Waals surface area (Å²) in [5, 5.41) is 3.06. The number of carbonyl (C=O) groups is 1. The van der Waals surface area contributed by atoms with Crippen molar-refractivity contribution in [1.29, 1.82) is 0 Å². The first-order valence-corrected chi connectivity index (χ1v) is 11.2. The van der Waals surface area contributed by atoms with Gasteiger partial charge in [-0.1, -0.05) is 29.5 Å². The van der Waals surface area contributed by atoms with E-state index < -0.39 is 32.7 Å². The Balaban J connectivity index is 1.59. The second-order valence-corrected chi connectivity index (χ2v) is 9.41. The van der Waals surface area contributed by atoms with Gasteiger partial charge in [-0.25, -0.2) is 17.8 Å². The summed E-state index contributed by atoms with van der Waals surface area (Å²) in [6.45, 7) is 0.155. The Morgan fingerprint density at radius 2 is 2.07 bits per heavy atom. The highest BCUT2D eigenvalue weighted by atomic mass is 32.2. The van der Waals surface area contributed by atoms with Gasteiger partial charge < -0.3 is 10.1 Å². The van der Waals surface area contributed by atoms with Crippen molar-refractivity contribution >= 4 is 42.6 Å². The molecular weight excluding hydrogens is 417 g/mol. The zero-order valence-electron chi connectivity index (χ0n) is 15.5. The van der Waals surface area contributed by atoms with Crippen LogP contribution in [0.4, 0.5) is 9.52 Å². The zero-order chi connectivity index (χ0) is 20.6. The molecule has 1 unspecified atom stereocenters. The van der Waals surface area contributed by atoms with Crippen LogP contribution in [0.15, 0.2) is 47.4 Å². The molecule has 10 heteroatoms. The summed E-state index contributed by atoms with van der Waals surface area (Å²) < 4.78 is 47.1. The van der Waals surface area contributed by atoms with Crippen LogP contribution < -0.4 is 10.1 Å². The van der Waals surface area contributed by atoms with Crippen molar-refractivity contribution in [3.05, 3.63) is 48.3 Å². The number of ether oxygens (including phenoxy) is 1. The Bertz CT molecular complexity index is 1180. The van der Waals surface area contributed by atoms with E-state index >= 15 is 0 Å². The number of nitrogens with one attached hydrogen (secondary N) is 1. The molecule has 0 aliphatic carbocycles. The predicted octanol–water partition coefficient (Wildman–Crippen LogP) is 3.24. The number of anilines is 1. The van der Waals surface area contributed by atoms with Crippen molar-refractivity contribution in [3.63, 3.8) is 0 Å². The maximum absolute atomic E-state index is 14.1. The third-order valence-electron chi connectivity index (χ3n) is 4.76. The van der Waals surface area contributed by atoms with E-state index in [-0.39, 0.29) is 6.54 Å². The smallest absolute Gasteiger partial charge is 0.246 e. The van der Waals surface area contributed by atoms with Crippen LogP contribution in [0.3, 0.4) is 0 Å². The van der Waals surface area contributed by atoms with Gasteiger partial charge in [0, 0.05) is 6.54 Å². The first-order chi connectivity index (χ1) is 13.9. The second-order valence-electron chi connectivity index (χ2n) is 6.52. The van der Waals surface area contributed by atoms with Crippen LogP contribution in [0.5, 0.6) is 5.75 Å². The first kappa shape index (κ1) is 19.7. The van der Waals surface area contributed by atoms with Gasteiger partial charge in [0.1, 0.15) is 28.0 Å². The topological polar surface area (TPSA) is 88.6 Å². The van der Waals surface area contributed by atoms with Gasteiger partial charge in [-0.3, -0.25) is 4.79 Å². The quantitative estimate of drug-likeness (QED) is 0.665. The van der Waals surface area contributed by atoms with Gasteiger partial charge in [0.2, 0.25) is 15.9 Å². The van der Waals surface area contributed by atoms with Crippen LogP contribution in [-0.2, 0) is 14.8 Å². The number of fused-ring (bicyclic) bond motifs is 1. The molecule has 0 spiro atoms. The van der Waals surface area contributed by atoms with Crippen LogP contribution in [0.25, 0.3) is 10.2 Å². The number of amides is 1. The molecule has 4 rings (SSSR count). The summed E-state index contributed by atoms with van der Waals surface area (Å²) in [6, 6.07) is 9.70. The highest BCUT2D eigenvalue weighted by Crippen LogP contribution is 2.33. The number of halogens is 1. The molecule has 0 bridgehead atoms. The Morgan fingerprint density at radius 1 is 1.28 bits per heavy atom. The van der Waals surface area contributed by atoms with Gasteiger partial charge in [-0.2, -0.15) is 4.31 Å². The molecule has 1 aliphatic rings. The van der Waals surface area contributed by atoms with Crippen molar-refractivity contribution in [3.8, 4) is 5.75 Å². The van der Waals surface area contributed by atoms with Gasteiger partial charge in [-0.05, 0) is 37.1 Å². The number of thiazole rings is 1. The molecule has 2 aromatic carbocycles. The number of aromatic nitrogens is 1. The van der Waals surface area contributed by atoms with Gasteiger partial charge in [-0.15, -0.1) is 0 Å². The minimum absolute atomic E-state index is 0.155. The van der Waals surface area contributed by atoms with Gasteiger partial charge in [0.15, 0.2) is 5.13 Å². The Kier molecular flexibility index (Phi) is 5.24. The maximum atomic E-state index is 14.1. The molecule has 2 heterocycles. The fourth-order valence-corrected chi connectivity index (χ4v) is 6.01. The molecular formula is C19H18FN3O4S2. The summed E-state index contributed by atoms with van der Waals surface area (Å²) in [5.74, 6) is -0.735. The lowest BCUT2D eigenvalue weighted by molar-refractivity contribution is -0.119. The lowest BCUT2D eigenvalue weighted by atomic mass is 10.2. The van der Waals surface area contributed by atoms with Crippen LogP contribution in [0, 0.1) is 5.82 Å². The summed E-state index contributed by atoms with van der Waals surface area (Å²) >= 11 is 1.27. The van der Waals surface area contributed by atoms with E-state index in [0.717, 1.165) is 15.1 Å². The van der Waals surface area contributed by atoms with Crippen molar-refractivity contribution in [2.24, 2.45) is 0 Å². The largest absolute Gasteiger partial charge is 0.494 e. The van der Waals surface area contributed by atoms with Crippen LogP contribution in [-0.4, -0.2) is 43.3 Å². The lowest BCUT2D eigenvalue weighted by Gasteiger charge is -2.23. The van der Waals surface area contributed by atoms with E-state index in [4.69, 9.17) is 4.74 Å². The molecule has 1 aromatic heterocycles. The molecule has 0 radical (unpaired) electrons. The Labute approximate surface area is 171 Å². The Morgan fingerprint density at radius 3 is 2.83 bits per heavy atom. The molecule has 29 heavy (non-hydrogen) atoms. The molecule has 1 aliphatic heterocycles. The number of para-hydroxylation sites is 1. The highest BCUT2D eigenvalue weighted by molar-refractivity contribution is 7.89. The minimum Gasteiger partial charge on any atom is -0.494 e. The number of carbonyl (C=O) groups excluding carboxylic acids is 1. The van der Waals surface area contributed by atoms with Crippen molar-refractivity contribution in [1.82, 2.24) is 9.29 Å². The molecule has 1 amide bonds. The number of rotatable bonds is 5. The fraction of sp³-hybridized carbons (Fsp3) is 0.263. The van der Waals surface area contributed by atoms with E-state index in [0.29, 0.717) is 29.2 Å². The molecule has 1 N–H and O–H groups in total.